The van der Waals surface area contributed by atoms with Crippen molar-refractivity contribution in [3.05, 3.63) is 53.6 Å². The van der Waals surface area contributed by atoms with Crippen LogP contribution >= 0.6 is 0 Å². The molecule has 2 aromatic carbocycles. The molecule has 0 radical (unpaired) electrons. The maximum absolute atomic E-state index is 12.3. The third kappa shape index (κ3) is 6.34. The van der Waals surface area contributed by atoms with Gasteiger partial charge in [-0.2, -0.15) is 0 Å². The molecular weight excluding hydrogens is 386 g/mol. The Morgan fingerprint density at radius 1 is 0.967 bits per heavy atom. The van der Waals surface area contributed by atoms with Crippen molar-refractivity contribution in [1.82, 2.24) is 0 Å². The number of hydrogen-bond donors (Lipinski definition) is 1. The Hall–Kier alpha value is -3.35. The van der Waals surface area contributed by atoms with Crippen molar-refractivity contribution in [2.75, 3.05) is 19.0 Å². The molecule has 0 aliphatic heterocycles. The van der Waals surface area contributed by atoms with Gasteiger partial charge in [0.15, 0.2) is 30.0 Å². The molecule has 0 aromatic heterocycles. The Bertz CT molecular complexity index is 904. The highest BCUT2D eigenvalue weighted by Crippen LogP contribution is 2.28. The highest BCUT2D eigenvalue weighted by molar-refractivity contribution is 5.95. The van der Waals surface area contributed by atoms with Crippen molar-refractivity contribution < 1.29 is 28.6 Å². The molecule has 0 saturated carbocycles. The van der Waals surface area contributed by atoms with Gasteiger partial charge < -0.3 is 19.5 Å². The van der Waals surface area contributed by atoms with Gasteiger partial charge in [-0.05, 0) is 55.7 Å². The smallest absolute Gasteiger partial charge is 0.344 e. The monoisotopic (exact) mass is 413 g/mol. The summed E-state index contributed by atoms with van der Waals surface area (Å²) < 4.78 is 15.7. The lowest BCUT2D eigenvalue weighted by Crippen LogP contribution is -2.31. The predicted molar refractivity (Wildman–Crippen MR) is 113 cm³/mol. The van der Waals surface area contributed by atoms with Crippen LogP contribution in [0.1, 0.15) is 49.5 Å². The van der Waals surface area contributed by atoms with E-state index in [1.807, 2.05) is 24.3 Å². The number of amides is 1. The van der Waals surface area contributed by atoms with Gasteiger partial charge in [0.25, 0.3) is 5.91 Å². The van der Waals surface area contributed by atoms with E-state index < -0.39 is 24.6 Å². The highest BCUT2D eigenvalue weighted by Gasteiger charge is 2.19. The summed E-state index contributed by atoms with van der Waals surface area (Å²) in [5.74, 6) is -0.243. The van der Waals surface area contributed by atoms with Crippen molar-refractivity contribution in [2.45, 2.75) is 39.7 Å². The number of rotatable bonds is 9. The minimum Gasteiger partial charge on any atom is -0.493 e. The first-order valence-corrected chi connectivity index (χ1v) is 9.63. The number of esters is 1. The molecule has 0 spiro atoms. The summed E-state index contributed by atoms with van der Waals surface area (Å²) in [7, 11) is 1.44. The fraction of sp³-hybridized carbons (Fsp3) is 0.348. The molecule has 2 aromatic rings. The quantitative estimate of drug-likeness (QED) is 0.494. The van der Waals surface area contributed by atoms with Crippen LogP contribution in [-0.4, -0.2) is 37.5 Å². The van der Waals surface area contributed by atoms with Crippen LogP contribution in [0, 0.1) is 0 Å². The van der Waals surface area contributed by atoms with Gasteiger partial charge in [-0.15, -0.1) is 0 Å². The van der Waals surface area contributed by atoms with Crippen molar-refractivity contribution in [1.29, 1.82) is 0 Å². The van der Waals surface area contributed by atoms with Gasteiger partial charge in [0.2, 0.25) is 0 Å². The van der Waals surface area contributed by atoms with Gasteiger partial charge in [0.1, 0.15) is 0 Å². The molecule has 0 fully saturated rings. The Morgan fingerprint density at radius 2 is 1.63 bits per heavy atom. The van der Waals surface area contributed by atoms with Crippen LogP contribution in [0.25, 0.3) is 0 Å². The summed E-state index contributed by atoms with van der Waals surface area (Å²) in [4.78, 5) is 35.8. The lowest BCUT2D eigenvalue weighted by molar-refractivity contribution is -0.155. The first-order valence-electron chi connectivity index (χ1n) is 9.63. The molecule has 1 N–H and O–H groups in total. The molecule has 0 saturated heterocycles. The van der Waals surface area contributed by atoms with Crippen LogP contribution in [0.2, 0.25) is 0 Å². The molecule has 0 aliphatic rings. The average molecular weight is 413 g/mol. The van der Waals surface area contributed by atoms with Crippen LogP contribution in [0.5, 0.6) is 11.5 Å². The third-order valence-corrected chi connectivity index (χ3v) is 4.44. The molecule has 0 aliphatic carbocycles. The second kappa shape index (κ2) is 10.4. The van der Waals surface area contributed by atoms with Crippen molar-refractivity contribution >= 4 is 23.3 Å². The van der Waals surface area contributed by atoms with Gasteiger partial charge in [-0.1, -0.05) is 26.0 Å². The fourth-order valence-electron chi connectivity index (χ4n) is 2.62. The van der Waals surface area contributed by atoms with Gasteiger partial charge in [0.05, 0.1) is 7.11 Å². The van der Waals surface area contributed by atoms with E-state index in [0.29, 0.717) is 28.7 Å². The van der Waals surface area contributed by atoms with Crippen molar-refractivity contribution in [3.8, 4) is 11.5 Å². The molecule has 7 nitrogen and oxygen atoms in total. The zero-order chi connectivity index (χ0) is 22.3. The molecule has 1 atom stereocenters. The molecular formula is C23H27NO6. The largest absolute Gasteiger partial charge is 0.493 e. The van der Waals surface area contributed by atoms with Crippen LogP contribution in [0.15, 0.2) is 42.5 Å². The van der Waals surface area contributed by atoms with E-state index in [1.54, 1.807) is 12.1 Å². The number of anilines is 1. The predicted octanol–water partition coefficient (Wildman–Crippen LogP) is 3.97. The molecule has 0 heterocycles. The van der Waals surface area contributed by atoms with Gasteiger partial charge in [-0.3, -0.25) is 9.59 Å². The Balaban J connectivity index is 1.88. The molecule has 1 amide bonds. The summed E-state index contributed by atoms with van der Waals surface area (Å²) in [6.07, 6.45) is -0.993. The average Bonchev–Trinajstić information content (AvgIpc) is 2.72. The molecule has 0 bridgehead atoms. The number of carbonyl (C=O) groups excluding carboxylic acids is 3. The number of benzene rings is 2. The van der Waals surface area contributed by atoms with E-state index in [4.69, 9.17) is 14.2 Å². The lowest BCUT2D eigenvalue weighted by atomic mass is 10.0. The normalized spacial score (nSPS) is 11.5. The summed E-state index contributed by atoms with van der Waals surface area (Å²) in [6, 6.07) is 12.1. The maximum atomic E-state index is 12.3. The number of ether oxygens (including phenoxy) is 3. The minimum atomic E-state index is -0.993. The SMILES string of the molecule is COc1cc(C(C)=O)ccc1OCC(=O)O[C@@H](C)C(=O)Nc1ccc(C(C)C)cc1. The van der Waals surface area contributed by atoms with Crippen molar-refractivity contribution in [2.24, 2.45) is 0 Å². The summed E-state index contributed by atoms with van der Waals surface area (Å²) in [5, 5.41) is 2.71. The Kier molecular flexibility index (Phi) is 7.98. The van der Waals surface area contributed by atoms with E-state index in [0.717, 1.165) is 5.56 Å². The topological polar surface area (TPSA) is 90.9 Å². The number of carbonyl (C=O) groups is 3. The first kappa shape index (κ1) is 22.9. The van der Waals surface area contributed by atoms with Gasteiger partial charge >= 0.3 is 5.97 Å². The van der Waals surface area contributed by atoms with Gasteiger partial charge in [0, 0.05) is 11.3 Å². The number of ketones is 1. The molecule has 0 unspecified atom stereocenters. The second-order valence-corrected chi connectivity index (χ2v) is 7.11. The standard InChI is InChI=1S/C23H27NO6/c1-14(2)17-6-9-19(10-7-17)24-23(27)16(4)30-22(26)13-29-20-11-8-18(15(3)25)12-21(20)28-5/h6-12,14,16H,13H2,1-5H3,(H,24,27)/t16-/m0/s1. The summed E-state index contributed by atoms with van der Waals surface area (Å²) >= 11 is 0. The van der Waals surface area contributed by atoms with E-state index in [2.05, 4.69) is 19.2 Å². The number of methoxy groups -OCH3 is 1. The van der Waals surface area contributed by atoms with E-state index >= 15 is 0 Å². The van der Waals surface area contributed by atoms with E-state index in [-0.39, 0.29) is 5.78 Å². The molecule has 7 heteroatoms. The molecule has 2 rings (SSSR count). The van der Waals surface area contributed by atoms with Crippen LogP contribution in [0.3, 0.4) is 0 Å². The highest BCUT2D eigenvalue weighted by atomic mass is 16.6. The minimum absolute atomic E-state index is 0.113. The van der Waals surface area contributed by atoms with Crippen LogP contribution in [-0.2, 0) is 14.3 Å². The van der Waals surface area contributed by atoms with E-state index in [9.17, 15) is 14.4 Å². The molecule has 30 heavy (non-hydrogen) atoms. The zero-order valence-corrected chi connectivity index (χ0v) is 17.9. The summed E-state index contributed by atoms with van der Waals surface area (Å²) in [6.45, 7) is 6.70. The maximum Gasteiger partial charge on any atom is 0.344 e. The second-order valence-electron chi connectivity index (χ2n) is 7.11. The van der Waals surface area contributed by atoms with Crippen LogP contribution in [0.4, 0.5) is 5.69 Å². The number of nitrogens with one attached hydrogen (secondary N) is 1. The van der Waals surface area contributed by atoms with Crippen molar-refractivity contribution in [3.63, 3.8) is 0 Å². The fourth-order valence-corrected chi connectivity index (χ4v) is 2.62. The number of hydrogen-bond acceptors (Lipinski definition) is 6. The lowest BCUT2D eigenvalue weighted by Gasteiger charge is -2.15. The van der Waals surface area contributed by atoms with Crippen LogP contribution < -0.4 is 14.8 Å². The molecule has 160 valence electrons. The van der Waals surface area contributed by atoms with E-state index in [1.165, 1.54) is 27.0 Å². The number of Topliss-reactive ketones (excluding diaryl/α,β-unsaturated/α-hetero) is 1. The first-order chi connectivity index (χ1) is 14.2. The van der Waals surface area contributed by atoms with Gasteiger partial charge in [-0.25, -0.2) is 4.79 Å². The Labute approximate surface area is 176 Å². The summed E-state index contributed by atoms with van der Waals surface area (Å²) in [5.41, 5.74) is 2.25. The zero-order valence-electron chi connectivity index (χ0n) is 17.9. The Morgan fingerprint density at radius 3 is 2.20 bits per heavy atom. The third-order valence-electron chi connectivity index (χ3n) is 4.44.